The van der Waals surface area contributed by atoms with Crippen molar-refractivity contribution in [1.82, 2.24) is 14.9 Å². The van der Waals surface area contributed by atoms with Crippen LogP contribution in [0.2, 0.25) is 0 Å². The normalized spacial score (nSPS) is 11.8. The molecule has 3 rings (SSSR count). The summed E-state index contributed by atoms with van der Waals surface area (Å²) in [6.45, 7) is 0. The van der Waals surface area contributed by atoms with E-state index in [0.29, 0.717) is 16.8 Å². The van der Waals surface area contributed by atoms with Gasteiger partial charge in [-0.25, -0.2) is 4.98 Å². The van der Waals surface area contributed by atoms with Crippen LogP contribution in [-0.4, -0.2) is 22.6 Å². The van der Waals surface area contributed by atoms with Crippen LogP contribution in [0.3, 0.4) is 0 Å². The van der Waals surface area contributed by atoms with E-state index in [1.807, 2.05) is 0 Å². The van der Waals surface area contributed by atoms with E-state index in [2.05, 4.69) is 10.3 Å². The number of amides is 1. The molecule has 0 bridgehead atoms. The highest BCUT2D eigenvalue weighted by Gasteiger charge is 2.30. The van der Waals surface area contributed by atoms with Crippen molar-refractivity contribution in [3.05, 3.63) is 66.1 Å². The van der Waals surface area contributed by atoms with E-state index in [-0.39, 0.29) is 11.4 Å². The topological polar surface area (TPSA) is 56.1 Å². The second-order valence-corrected chi connectivity index (χ2v) is 5.37. The molecule has 0 fully saturated rings. The van der Waals surface area contributed by atoms with Crippen molar-refractivity contribution in [3.63, 3.8) is 0 Å². The summed E-state index contributed by atoms with van der Waals surface area (Å²) in [6, 6.07) is 9.88. The molecule has 2 aromatic carbocycles. The first-order valence-electron chi connectivity index (χ1n) is 7.54. The van der Waals surface area contributed by atoms with Crippen molar-refractivity contribution < 1.29 is 22.7 Å². The lowest BCUT2D eigenvalue weighted by Gasteiger charge is -2.06. The Morgan fingerprint density at radius 1 is 1.19 bits per heavy atom. The van der Waals surface area contributed by atoms with Crippen molar-refractivity contribution in [2.24, 2.45) is 0 Å². The molecule has 1 amide bonds. The fraction of sp³-hybridized carbons (Fsp3) is 0.111. The van der Waals surface area contributed by atoms with Crippen LogP contribution in [0.15, 0.2) is 55.0 Å². The van der Waals surface area contributed by atoms with E-state index in [9.17, 15) is 18.0 Å². The number of carbonyl (C=O) groups excluding carboxylic acids is 1. The summed E-state index contributed by atoms with van der Waals surface area (Å²) in [7, 11) is 1.53. The van der Waals surface area contributed by atoms with Crippen LogP contribution in [0.1, 0.15) is 15.9 Å². The summed E-state index contributed by atoms with van der Waals surface area (Å²) in [6.07, 6.45) is -0.142. The zero-order chi connectivity index (χ0) is 18.7. The van der Waals surface area contributed by atoms with Gasteiger partial charge in [0.25, 0.3) is 5.91 Å². The first kappa shape index (κ1) is 17.5. The highest BCUT2D eigenvalue weighted by Crippen LogP contribution is 2.31. The smallest absolute Gasteiger partial charge is 0.416 e. The number of nitrogens with one attached hydrogen (secondary N) is 1. The number of hydrogen-bond acceptors (Lipinski definition) is 3. The van der Waals surface area contributed by atoms with Gasteiger partial charge in [-0.1, -0.05) is 0 Å². The Labute approximate surface area is 146 Å². The molecule has 1 heterocycles. The minimum atomic E-state index is -4.42. The largest absolute Gasteiger partial charge is 0.497 e. The minimum Gasteiger partial charge on any atom is -0.497 e. The predicted molar refractivity (Wildman–Crippen MR) is 90.5 cm³/mol. The molecule has 0 saturated carbocycles. The first-order chi connectivity index (χ1) is 12.4. The number of fused-ring (bicyclic) bond motifs is 1. The van der Waals surface area contributed by atoms with Gasteiger partial charge in [0.15, 0.2) is 0 Å². The maximum Gasteiger partial charge on any atom is 0.416 e. The van der Waals surface area contributed by atoms with Crippen molar-refractivity contribution in [3.8, 4) is 5.75 Å². The lowest BCUT2D eigenvalue weighted by Crippen LogP contribution is -2.16. The number of nitrogens with zero attached hydrogens (tertiary/aromatic N) is 2. The number of ether oxygens (including phenoxy) is 1. The lowest BCUT2D eigenvalue weighted by molar-refractivity contribution is -0.137. The van der Waals surface area contributed by atoms with E-state index in [0.717, 1.165) is 12.1 Å². The number of hydrogen-bond donors (Lipinski definition) is 1. The SMILES string of the molecule is COc1ccc(C(=O)NC=Cn2cnc3cc(C(F)(F)F)ccc32)cc1. The third-order valence-corrected chi connectivity index (χ3v) is 3.70. The van der Waals surface area contributed by atoms with Gasteiger partial charge < -0.3 is 14.6 Å². The van der Waals surface area contributed by atoms with E-state index in [4.69, 9.17) is 4.74 Å². The number of imidazole rings is 1. The zero-order valence-electron chi connectivity index (χ0n) is 13.6. The van der Waals surface area contributed by atoms with Crippen LogP contribution in [0, 0.1) is 0 Å². The molecular weight excluding hydrogens is 347 g/mol. The lowest BCUT2D eigenvalue weighted by atomic mass is 10.2. The fourth-order valence-electron chi connectivity index (χ4n) is 2.35. The first-order valence-corrected chi connectivity index (χ1v) is 7.54. The van der Waals surface area contributed by atoms with Crippen molar-refractivity contribution in [2.75, 3.05) is 7.11 Å². The van der Waals surface area contributed by atoms with Crippen molar-refractivity contribution in [2.45, 2.75) is 6.18 Å². The summed E-state index contributed by atoms with van der Waals surface area (Å²) in [5, 5.41) is 2.59. The van der Waals surface area contributed by atoms with Gasteiger partial charge in [0.05, 0.1) is 30.0 Å². The highest BCUT2D eigenvalue weighted by atomic mass is 19.4. The van der Waals surface area contributed by atoms with Gasteiger partial charge in [-0.3, -0.25) is 4.79 Å². The van der Waals surface area contributed by atoms with Crippen molar-refractivity contribution >= 4 is 23.1 Å². The number of rotatable bonds is 4. The molecule has 0 aliphatic heterocycles. The Kier molecular flexibility index (Phi) is 4.66. The summed E-state index contributed by atoms with van der Waals surface area (Å²) < 4.78 is 44.7. The summed E-state index contributed by atoms with van der Waals surface area (Å²) in [5.74, 6) is 0.313. The van der Waals surface area contributed by atoms with Crippen LogP contribution >= 0.6 is 0 Å². The standard InChI is InChI=1S/C18H14F3N3O2/c1-26-14-5-2-12(3-6-14)17(25)22-8-9-24-11-23-15-10-13(18(19,20)21)4-7-16(15)24/h2-11H,1H3,(H,22,25). The van der Waals surface area contributed by atoms with E-state index in [1.165, 1.54) is 36.5 Å². The maximum atomic E-state index is 12.7. The number of aromatic nitrogens is 2. The molecule has 1 N–H and O–H groups in total. The Morgan fingerprint density at radius 3 is 2.58 bits per heavy atom. The molecule has 0 radical (unpaired) electrons. The molecule has 0 atom stereocenters. The Hall–Kier alpha value is -3.29. The third-order valence-electron chi connectivity index (χ3n) is 3.70. The fourth-order valence-corrected chi connectivity index (χ4v) is 2.35. The molecular formula is C18H14F3N3O2. The van der Waals surface area contributed by atoms with Crippen LogP contribution < -0.4 is 10.1 Å². The molecule has 1 aromatic heterocycles. The molecule has 134 valence electrons. The van der Waals surface area contributed by atoms with Gasteiger partial charge in [0.2, 0.25) is 0 Å². The summed E-state index contributed by atoms with van der Waals surface area (Å²) in [5.41, 5.74) is 0.395. The second-order valence-electron chi connectivity index (χ2n) is 5.37. The third kappa shape index (κ3) is 3.69. The quantitative estimate of drug-likeness (QED) is 0.766. The van der Waals surface area contributed by atoms with Gasteiger partial charge in [-0.2, -0.15) is 13.2 Å². The van der Waals surface area contributed by atoms with E-state index >= 15 is 0 Å². The minimum absolute atomic E-state index is 0.214. The number of halogens is 3. The summed E-state index contributed by atoms with van der Waals surface area (Å²) >= 11 is 0. The monoisotopic (exact) mass is 361 g/mol. The molecule has 0 aliphatic carbocycles. The highest BCUT2D eigenvalue weighted by molar-refractivity contribution is 5.95. The maximum absolute atomic E-state index is 12.7. The number of methoxy groups -OCH3 is 1. The van der Waals surface area contributed by atoms with Gasteiger partial charge in [-0.15, -0.1) is 0 Å². The molecule has 26 heavy (non-hydrogen) atoms. The van der Waals surface area contributed by atoms with Crippen LogP contribution in [0.5, 0.6) is 5.75 Å². The van der Waals surface area contributed by atoms with Crippen LogP contribution in [0.4, 0.5) is 13.2 Å². The zero-order valence-corrected chi connectivity index (χ0v) is 13.6. The van der Waals surface area contributed by atoms with E-state index in [1.54, 1.807) is 24.3 Å². The van der Waals surface area contributed by atoms with Crippen LogP contribution in [0.25, 0.3) is 17.2 Å². The summed E-state index contributed by atoms with van der Waals surface area (Å²) in [4.78, 5) is 16.0. The molecule has 0 aliphatic rings. The van der Waals surface area contributed by atoms with Gasteiger partial charge in [0, 0.05) is 18.0 Å². The Balaban J connectivity index is 1.73. The predicted octanol–water partition coefficient (Wildman–Crippen LogP) is 3.92. The Morgan fingerprint density at radius 2 is 1.92 bits per heavy atom. The van der Waals surface area contributed by atoms with Crippen LogP contribution in [-0.2, 0) is 6.18 Å². The molecule has 3 aromatic rings. The molecule has 0 saturated heterocycles. The average Bonchev–Trinajstić information content (AvgIpc) is 3.03. The average molecular weight is 361 g/mol. The molecule has 5 nitrogen and oxygen atoms in total. The number of alkyl halides is 3. The molecule has 8 heteroatoms. The van der Waals surface area contributed by atoms with Crippen molar-refractivity contribution in [1.29, 1.82) is 0 Å². The number of benzene rings is 2. The Bertz CT molecular complexity index is 960. The van der Waals surface area contributed by atoms with Gasteiger partial charge >= 0.3 is 6.18 Å². The van der Waals surface area contributed by atoms with E-state index < -0.39 is 11.7 Å². The second kappa shape index (κ2) is 6.91. The molecule has 0 spiro atoms. The number of carbonyl (C=O) groups is 1. The molecule has 0 unspecified atom stereocenters. The van der Waals surface area contributed by atoms with Gasteiger partial charge in [0.1, 0.15) is 5.75 Å². The van der Waals surface area contributed by atoms with Gasteiger partial charge in [-0.05, 0) is 42.5 Å².